The summed E-state index contributed by atoms with van der Waals surface area (Å²) in [6.45, 7) is 0. The van der Waals surface area contributed by atoms with Crippen LogP contribution in [0.1, 0.15) is 51.4 Å². The minimum absolute atomic E-state index is 0.00147. The van der Waals surface area contributed by atoms with Crippen LogP contribution in [0, 0.1) is 0 Å². The second kappa shape index (κ2) is 6.01. The molecular weight excluding hydrogens is 358 g/mol. The molecule has 0 aromatic heterocycles. The maximum absolute atomic E-state index is 12.6. The van der Waals surface area contributed by atoms with Gasteiger partial charge in [0.25, 0.3) is 0 Å². The van der Waals surface area contributed by atoms with Crippen molar-refractivity contribution in [1.29, 1.82) is 0 Å². The van der Waals surface area contributed by atoms with Crippen molar-refractivity contribution in [2.24, 2.45) is 0 Å². The second-order valence-corrected chi connectivity index (χ2v) is 12.1. The first-order valence-corrected chi connectivity index (χ1v) is 11.1. The predicted octanol–water partition coefficient (Wildman–Crippen LogP) is 1.13. The molecule has 2 nitrogen and oxygen atoms in total. The van der Waals surface area contributed by atoms with E-state index in [0.717, 1.165) is 60.8 Å². The molecule has 0 aliphatic heterocycles. The molecular formula is C12H24As2O2S. The van der Waals surface area contributed by atoms with E-state index in [1.54, 1.807) is 33.7 Å². The summed E-state index contributed by atoms with van der Waals surface area (Å²) in [6.07, 6.45) is 8.27. The molecule has 2 fully saturated rings. The van der Waals surface area contributed by atoms with Crippen molar-refractivity contribution in [3.63, 3.8) is 0 Å². The van der Waals surface area contributed by atoms with Crippen LogP contribution in [0.2, 0.25) is 9.41 Å². The molecule has 2 unspecified atom stereocenters. The van der Waals surface area contributed by atoms with Gasteiger partial charge in [0.1, 0.15) is 0 Å². The van der Waals surface area contributed by atoms with Crippen LogP contribution < -0.4 is 0 Å². The third-order valence-electron chi connectivity index (χ3n) is 4.37. The first kappa shape index (κ1) is 14.5. The van der Waals surface area contributed by atoms with Crippen LogP contribution in [-0.4, -0.2) is 52.6 Å². The van der Waals surface area contributed by atoms with Crippen molar-refractivity contribution >= 4 is 43.5 Å². The molecule has 100 valence electrons. The van der Waals surface area contributed by atoms with E-state index >= 15 is 0 Å². The Hall–Kier alpha value is 1.07. The van der Waals surface area contributed by atoms with Crippen molar-refractivity contribution in [3.05, 3.63) is 0 Å². The first-order chi connectivity index (χ1) is 8.00. The van der Waals surface area contributed by atoms with Gasteiger partial charge in [0, 0.05) is 0 Å². The van der Waals surface area contributed by atoms with Gasteiger partial charge in [-0.3, -0.25) is 0 Å². The van der Waals surface area contributed by atoms with Crippen LogP contribution in [0.5, 0.6) is 0 Å². The second-order valence-electron chi connectivity index (χ2n) is 5.66. The molecule has 0 aromatic rings. The van der Waals surface area contributed by atoms with E-state index in [-0.39, 0.29) is 10.5 Å². The summed E-state index contributed by atoms with van der Waals surface area (Å²) in [5.41, 5.74) is 0. The van der Waals surface area contributed by atoms with Gasteiger partial charge >= 0.3 is 123 Å². The van der Waals surface area contributed by atoms with E-state index in [4.69, 9.17) is 0 Å². The van der Waals surface area contributed by atoms with Gasteiger partial charge in [0.05, 0.1) is 0 Å². The Balaban J connectivity index is 1.98. The van der Waals surface area contributed by atoms with E-state index in [1.807, 2.05) is 0 Å². The topological polar surface area (TPSA) is 34.1 Å². The van der Waals surface area contributed by atoms with Gasteiger partial charge in [-0.2, -0.15) is 0 Å². The van der Waals surface area contributed by atoms with E-state index in [9.17, 15) is 8.42 Å². The molecule has 2 aliphatic rings. The fraction of sp³-hybridized carbons (Fsp3) is 1.00. The molecule has 0 radical (unpaired) electrons. The normalized spacial score (nSPS) is 40.1. The third-order valence-corrected chi connectivity index (χ3v) is 9.97. The SMILES string of the molecule is O=S(=O)(C1CCC([AsH2])CC1)C1CCC([AsH2])CC1. The van der Waals surface area contributed by atoms with Gasteiger partial charge in [-0.05, 0) is 0 Å². The molecule has 5 heteroatoms. The van der Waals surface area contributed by atoms with E-state index in [2.05, 4.69) is 0 Å². The molecule has 2 aliphatic carbocycles. The molecule has 2 atom stereocenters. The standard InChI is InChI=1S/C12H24As2O2S/c13-9-1-5-11(6-2-9)17(15,16)12-7-3-10(14)4-8-12/h9-12H,1-8,13-14H2. The molecule has 0 bridgehead atoms. The summed E-state index contributed by atoms with van der Waals surface area (Å²) in [6, 6.07) is 0. The van der Waals surface area contributed by atoms with Gasteiger partial charge in [-0.15, -0.1) is 0 Å². The Morgan fingerprint density at radius 3 is 1.24 bits per heavy atom. The Kier molecular flexibility index (Phi) is 5.12. The Bertz CT molecular complexity index is 312. The molecule has 0 spiro atoms. The van der Waals surface area contributed by atoms with Crippen LogP contribution in [0.3, 0.4) is 0 Å². The fourth-order valence-electron chi connectivity index (χ4n) is 3.11. The molecule has 0 amide bonds. The summed E-state index contributed by atoms with van der Waals surface area (Å²) in [5.74, 6) is 0. The average molecular weight is 382 g/mol. The zero-order chi connectivity index (χ0) is 12.5. The molecule has 2 saturated carbocycles. The molecule has 0 heterocycles. The van der Waals surface area contributed by atoms with Crippen molar-refractivity contribution in [1.82, 2.24) is 0 Å². The van der Waals surface area contributed by atoms with Gasteiger partial charge in [0.2, 0.25) is 0 Å². The molecule has 17 heavy (non-hydrogen) atoms. The van der Waals surface area contributed by atoms with Gasteiger partial charge < -0.3 is 0 Å². The number of sulfone groups is 1. The van der Waals surface area contributed by atoms with Crippen LogP contribution in [0.15, 0.2) is 0 Å². The Labute approximate surface area is 123 Å². The molecule has 0 saturated heterocycles. The van der Waals surface area contributed by atoms with E-state index < -0.39 is 9.84 Å². The Morgan fingerprint density at radius 1 is 0.647 bits per heavy atom. The molecule has 0 aromatic carbocycles. The van der Waals surface area contributed by atoms with Crippen LogP contribution >= 0.6 is 0 Å². The summed E-state index contributed by atoms with van der Waals surface area (Å²) < 4.78 is 26.7. The summed E-state index contributed by atoms with van der Waals surface area (Å²) >= 11 is 3.59. The number of hydrogen-bond donors (Lipinski definition) is 0. The zero-order valence-electron chi connectivity index (χ0n) is 10.3. The van der Waals surface area contributed by atoms with Gasteiger partial charge in [0.15, 0.2) is 0 Å². The van der Waals surface area contributed by atoms with Crippen molar-refractivity contribution in [3.8, 4) is 0 Å². The molecule has 0 N–H and O–H groups in total. The van der Waals surface area contributed by atoms with Crippen molar-refractivity contribution in [2.75, 3.05) is 0 Å². The van der Waals surface area contributed by atoms with Crippen molar-refractivity contribution in [2.45, 2.75) is 71.3 Å². The summed E-state index contributed by atoms with van der Waals surface area (Å²) in [7, 11) is -2.82. The first-order valence-electron chi connectivity index (χ1n) is 6.74. The zero-order valence-corrected chi connectivity index (χ0v) is 16.0. The summed E-state index contributed by atoms with van der Waals surface area (Å²) in [4.78, 5) is 0. The van der Waals surface area contributed by atoms with Crippen LogP contribution in [-0.2, 0) is 9.84 Å². The monoisotopic (exact) mass is 382 g/mol. The minimum atomic E-state index is -2.82. The van der Waals surface area contributed by atoms with Crippen LogP contribution in [0.4, 0.5) is 0 Å². The average Bonchev–Trinajstić information content (AvgIpc) is 2.30. The van der Waals surface area contributed by atoms with Crippen molar-refractivity contribution < 1.29 is 8.42 Å². The molecule has 2 rings (SSSR count). The quantitative estimate of drug-likeness (QED) is 0.672. The van der Waals surface area contributed by atoms with E-state index in [0.29, 0.717) is 0 Å². The van der Waals surface area contributed by atoms with Gasteiger partial charge in [-0.1, -0.05) is 0 Å². The predicted molar refractivity (Wildman–Crippen MR) is 78.0 cm³/mol. The van der Waals surface area contributed by atoms with E-state index in [1.165, 1.54) is 0 Å². The van der Waals surface area contributed by atoms with Gasteiger partial charge in [-0.25, -0.2) is 0 Å². The van der Waals surface area contributed by atoms with Crippen LogP contribution in [0.25, 0.3) is 0 Å². The summed E-state index contributed by atoms with van der Waals surface area (Å²) in [5, 5.41) is -0.00293. The fourth-order valence-corrected chi connectivity index (χ4v) is 7.12. The number of hydrogen-bond acceptors (Lipinski definition) is 2. The number of rotatable bonds is 2. The Morgan fingerprint density at radius 2 is 0.941 bits per heavy atom. The maximum atomic E-state index is 12.6. The third kappa shape index (κ3) is 3.54.